The van der Waals surface area contributed by atoms with E-state index in [4.69, 9.17) is 15.6 Å². The van der Waals surface area contributed by atoms with E-state index < -0.39 is 11.9 Å². The first kappa shape index (κ1) is 22.9. The molecule has 174 valence electrons. The lowest BCUT2D eigenvalue weighted by molar-refractivity contribution is -0.118. The van der Waals surface area contributed by atoms with Gasteiger partial charge in [-0.3, -0.25) is 9.59 Å². The van der Waals surface area contributed by atoms with Crippen molar-refractivity contribution in [1.82, 2.24) is 20.3 Å². The van der Waals surface area contributed by atoms with Crippen LogP contribution in [-0.4, -0.2) is 44.4 Å². The lowest BCUT2D eigenvalue weighted by Gasteiger charge is -2.18. The van der Waals surface area contributed by atoms with Crippen molar-refractivity contribution in [2.45, 2.75) is 13.1 Å². The van der Waals surface area contributed by atoms with Gasteiger partial charge < -0.3 is 31.2 Å². The number of nitrogens with two attached hydrogens (primary N) is 1. The van der Waals surface area contributed by atoms with E-state index in [-0.39, 0.29) is 41.3 Å². The number of fused-ring (bicyclic) bond motifs is 2. The number of amides is 2. The number of aromatic carboxylic acids is 1. The fourth-order valence-corrected chi connectivity index (χ4v) is 3.87. The number of aromatic amines is 1. The van der Waals surface area contributed by atoms with E-state index in [2.05, 4.69) is 31.0 Å². The van der Waals surface area contributed by atoms with Gasteiger partial charge in [0, 0.05) is 19.3 Å². The van der Waals surface area contributed by atoms with Gasteiger partial charge in [0.15, 0.2) is 12.3 Å². The van der Waals surface area contributed by atoms with E-state index >= 15 is 0 Å². The highest BCUT2D eigenvalue weighted by molar-refractivity contribution is 7.07. The molecule has 0 fully saturated rings. The van der Waals surface area contributed by atoms with Gasteiger partial charge in [0.1, 0.15) is 23.2 Å². The number of nitrogens with one attached hydrogen (secondary N) is 3. The first-order chi connectivity index (χ1) is 16.5. The number of nitrogens with zero attached hydrogens (tertiary/aromatic N) is 2. The first-order valence-corrected chi connectivity index (χ1v) is 11.0. The van der Waals surface area contributed by atoms with Crippen molar-refractivity contribution in [3.05, 3.63) is 69.9 Å². The molecule has 6 N–H and O–H groups in total. The van der Waals surface area contributed by atoms with Crippen molar-refractivity contribution in [2.24, 2.45) is 5.73 Å². The predicted octanol–water partition coefficient (Wildman–Crippen LogP) is 2.12. The molecule has 4 aromatic rings. The van der Waals surface area contributed by atoms with Crippen molar-refractivity contribution in [2.75, 3.05) is 11.9 Å². The zero-order valence-electron chi connectivity index (χ0n) is 17.7. The van der Waals surface area contributed by atoms with Crippen molar-refractivity contribution in [1.29, 1.82) is 0 Å². The summed E-state index contributed by atoms with van der Waals surface area (Å²) in [5.74, 6) is -1.31. The molecule has 3 aromatic heterocycles. The number of thiophene rings is 1. The van der Waals surface area contributed by atoms with Crippen LogP contribution in [0, 0.1) is 0 Å². The number of aromatic nitrogens is 3. The average Bonchev–Trinajstić information content (AvgIpc) is 3.52. The molecule has 34 heavy (non-hydrogen) atoms. The van der Waals surface area contributed by atoms with E-state index in [1.54, 1.807) is 29.5 Å². The molecule has 12 heteroatoms. The lowest BCUT2D eigenvalue weighted by atomic mass is 10.1. The highest BCUT2D eigenvalue weighted by Gasteiger charge is 2.20. The van der Waals surface area contributed by atoms with Crippen LogP contribution in [0.15, 0.2) is 47.5 Å². The van der Waals surface area contributed by atoms with Crippen LogP contribution in [0.1, 0.15) is 32.0 Å². The second-order valence-electron chi connectivity index (χ2n) is 7.14. The topological polar surface area (TPSA) is 172 Å². The number of ether oxygens (including phenoxy) is 1. The summed E-state index contributed by atoms with van der Waals surface area (Å²) in [4.78, 5) is 45.7. The molecule has 0 spiro atoms. The number of H-pyrrole nitrogens is 1. The SMILES string of the molecule is NCc1ccsc1.O=C1COc2ccc(CNC(=O)c3ncnc4c(C(=O)O)c[nH]c34)cc2N1. The molecular formula is C22H20N6O5S. The van der Waals surface area contributed by atoms with Crippen molar-refractivity contribution >= 4 is 45.8 Å². The molecule has 2 amide bonds. The van der Waals surface area contributed by atoms with Crippen LogP contribution in [0.2, 0.25) is 0 Å². The van der Waals surface area contributed by atoms with Crippen LogP contribution in [0.25, 0.3) is 11.0 Å². The smallest absolute Gasteiger partial charge is 0.339 e. The quantitative estimate of drug-likeness (QED) is 0.289. The molecule has 1 aliphatic rings. The molecule has 0 aliphatic carbocycles. The number of carbonyl (C=O) groups excluding carboxylic acids is 2. The average molecular weight is 481 g/mol. The normalized spacial score (nSPS) is 12.1. The van der Waals surface area contributed by atoms with Crippen molar-refractivity contribution in [3.8, 4) is 5.75 Å². The number of carbonyl (C=O) groups is 3. The Balaban J connectivity index is 0.000000336. The fourth-order valence-electron chi connectivity index (χ4n) is 3.19. The van der Waals surface area contributed by atoms with Gasteiger partial charge in [-0.05, 0) is 40.1 Å². The highest BCUT2D eigenvalue weighted by Crippen LogP contribution is 2.28. The molecule has 0 atom stereocenters. The largest absolute Gasteiger partial charge is 0.482 e. The number of hydrogen-bond donors (Lipinski definition) is 5. The Morgan fingerprint density at radius 1 is 1.24 bits per heavy atom. The van der Waals surface area contributed by atoms with Gasteiger partial charge in [-0.1, -0.05) is 6.07 Å². The molecule has 4 heterocycles. The van der Waals surface area contributed by atoms with Gasteiger partial charge in [0.2, 0.25) is 0 Å². The number of rotatable bonds is 5. The molecule has 0 radical (unpaired) electrons. The van der Waals surface area contributed by atoms with Gasteiger partial charge in [-0.2, -0.15) is 11.3 Å². The number of hydrogen-bond acceptors (Lipinski definition) is 8. The highest BCUT2D eigenvalue weighted by atomic mass is 32.1. The molecule has 0 saturated carbocycles. The van der Waals surface area contributed by atoms with E-state index in [9.17, 15) is 14.4 Å². The van der Waals surface area contributed by atoms with Crippen LogP contribution in [-0.2, 0) is 17.9 Å². The zero-order valence-corrected chi connectivity index (χ0v) is 18.5. The Morgan fingerprint density at radius 2 is 2.09 bits per heavy atom. The van der Waals surface area contributed by atoms with Crippen molar-refractivity contribution in [3.63, 3.8) is 0 Å². The van der Waals surface area contributed by atoms with E-state index in [0.29, 0.717) is 18.0 Å². The first-order valence-electron chi connectivity index (χ1n) is 10.1. The Hall–Kier alpha value is -4.29. The Labute approximate surface area is 197 Å². The predicted molar refractivity (Wildman–Crippen MR) is 125 cm³/mol. The second-order valence-corrected chi connectivity index (χ2v) is 7.92. The van der Waals surface area contributed by atoms with Gasteiger partial charge >= 0.3 is 5.97 Å². The summed E-state index contributed by atoms with van der Waals surface area (Å²) in [6, 6.07) is 7.22. The molecule has 5 rings (SSSR count). The van der Waals surface area contributed by atoms with Crippen LogP contribution >= 0.6 is 11.3 Å². The fraction of sp³-hybridized carbons (Fsp3) is 0.136. The molecule has 11 nitrogen and oxygen atoms in total. The monoisotopic (exact) mass is 480 g/mol. The maximum atomic E-state index is 12.5. The zero-order chi connectivity index (χ0) is 24.1. The van der Waals surface area contributed by atoms with Gasteiger partial charge in [-0.25, -0.2) is 14.8 Å². The summed E-state index contributed by atoms with van der Waals surface area (Å²) in [6.07, 6.45) is 2.41. The summed E-state index contributed by atoms with van der Waals surface area (Å²) >= 11 is 1.68. The summed E-state index contributed by atoms with van der Waals surface area (Å²) in [5.41, 5.74) is 8.23. The standard InChI is InChI=1S/C17H13N5O5.C5H7NS/c23-12-6-27-11-2-1-8(3-10(11)22-12)4-19-16(24)15-14-13(20-7-21-15)9(5-18-14)17(25)26;6-3-5-1-2-7-4-5/h1-3,5,7,18H,4,6H2,(H,19,24)(H,22,23)(H,25,26);1-2,4H,3,6H2. The van der Waals surface area contributed by atoms with Crippen LogP contribution < -0.4 is 21.1 Å². The molecule has 1 aromatic carbocycles. The summed E-state index contributed by atoms with van der Waals surface area (Å²) in [5, 5.41) is 18.6. The molecule has 0 bridgehead atoms. The maximum Gasteiger partial charge on any atom is 0.339 e. The Bertz CT molecular complexity index is 1350. The van der Waals surface area contributed by atoms with E-state index in [1.807, 2.05) is 11.4 Å². The summed E-state index contributed by atoms with van der Waals surface area (Å²) < 4.78 is 5.29. The molecular weight excluding hydrogens is 460 g/mol. The van der Waals surface area contributed by atoms with Gasteiger partial charge in [-0.15, -0.1) is 0 Å². The number of benzene rings is 1. The van der Waals surface area contributed by atoms with Gasteiger partial charge in [0.25, 0.3) is 11.8 Å². The maximum absolute atomic E-state index is 12.5. The molecule has 1 aliphatic heterocycles. The third kappa shape index (κ3) is 5.03. The van der Waals surface area contributed by atoms with E-state index in [0.717, 1.165) is 11.9 Å². The van der Waals surface area contributed by atoms with Crippen molar-refractivity contribution < 1.29 is 24.2 Å². The third-order valence-corrected chi connectivity index (χ3v) is 5.59. The van der Waals surface area contributed by atoms with E-state index in [1.165, 1.54) is 11.8 Å². The number of carboxylic acids is 1. The summed E-state index contributed by atoms with van der Waals surface area (Å²) in [7, 11) is 0. The van der Waals surface area contributed by atoms with Gasteiger partial charge in [0.05, 0.1) is 11.2 Å². The molecule has 0 saturated heterocycles. The number of carboxylic acid groups (broad SMARTS) is 1. The lowest BCUT2D eigenvalue weighted by Crippen LogP contribution is -2.26. The van der Waals surface area contributed by atoms with Crippen LogP contribution in [0.5, 0.6) is 5.75 Å². The Morgan fingerprint density at radius 3 is 2.79 bits per heavy atom. The minimum atomic E-state index is -1.15. The minimum absolute atomic E-state index is 0.0265. The van der Waals surface area contributed by atoms with Crippen LogP contribution in [0.3, 0.4) is 0 Å². The number of anilines is 1. The van der Waals surface area contributed by atoms with Crippen LogP contribution in [0.4, 0.5) is 5.69 Å². The second kappa shape index (κ2) is 10.1. The molecule has 0 unspecified atom stereocenters. The summed E-state index contributed by atoms with van der Waals surface area (Å²) in [6.45, 7) is 0.824. The minimum Gasteiger partial charge on any atom is -0.482 e. The Kier molecular flexibility index (Phi) is 6.80. The third-order valence-electron chi connectivity index (χ3n) is 4.85.